The fourth-order valence-corrected chi connectivity index (χ4v) is 6.20. The summed E-state index contributed by atoms with van der Waals surface area (Å²) in [5.41, 5.74) is 7.57. The first-order valence-electron chi connectivity index (χ1n) is 10.5. The van der Waals surface area contributed by atoms with Crippen LogP contribution in [0.5, 0.6) is 0 Å². The lowest BCUT2D eigenvalue weighted by molar-refractivity contribution is -0.116. The molecule has 30 heavy (non-hydrogen) atoms. The van der Waals surface area contributed by atoms with Gasteiger partial charge in [-0.2, -0.15) is 0 Å². The highest BCUT2D eigenvalue weighted by atomic mass is 35.5. The number of H-pyrrole nitrogens is 1. The second-order valence-electron chi connectivity index (χ2n) is 8.57. The van der Waals surface area contributed by atoms with Crippen molar-refractivity contribution in [2.75, 3.05) is 13.1 Å². The first-order chi connectivity index (χ1) is 14.1. The number of ketones is 1. The average molecular weight is 446 g/mol. The smallest absolute Gasteiger partial charge is 0.181 e. The third-order valence-electron chi connectivity index (χ3n) is 7.04. The molecular formula is C22H28ClN5OS. The standard InChI is InChI=1S/C22H27N5OS.ClH/c1-14-19(28)17(29-16-5-10-25-20-15(16)4-9-24-20)13-26-21(14)27-11-7-22(8-12-27)6-2-3-18(22)23;/h4-5,9-10,13-14,18H,2-3,6-8,11-12,23H2,1H3,(H,24,25);1H/t14-,18?;/m0./s1. The molecule has 0 radical (unpaired) electrons. The number of aromatic amines is 1. The van der Waals surface area contributed by atoms with Crippen molar-refractivity contribution in [1.82, 2.24) is 14.9 Å². The van der Waals surface area contributed by atoms with E-state index in [4.69, 9.17) is 10.7 Å². The molecule has 8 heteroatoms. The zero-order chi connectivity index (χ0) is 20.0. The van der Waals surface area contributed by atoms with E-state index >= 15 is 0 Å². The van der Waals surface area contributed by atoms with Crippen LogP contribution in [0.2, 0.25) is 0 Å². The van der Waals surface area contributed by atoms with Gasteiger partial charge >= 0.3 is 0 Å². The molecule has 1 saturated heterocycles. The molecule has 2 aromatic rings. The van der Waals surface area contributed by atoms with Crippen molar-refractivity contribution in [2.24, 2.45) is 22.1 Å². The summed E-state index contributed by atoms with van der Waals surface area (Å²) in [5, 5.41) is 1.03. The maximum Gasteiger partial charge on any atom is 0.181 e. The lowest BCUT2D eigenvalue weighted by atomic mass is 9.74. The van der Waals surface area contributed by atoms with E-state index in [9.17, 15) is 4.79 Å². The van der Waals surface area contributed by atoms with Gasteiger partial charge in [0, 0.05) is 48.0 Å². The van der Waals surface area contributed by atoms with Crippen LogP contribution in [-0.4, -0.2) is 45.6 Å². The number of hydrogen-bond donors (Lipinski definition) is 2. The third-order valence-corrected chi connectivity index (χ3v) is 8.14. The van der Waals surface area contributed by atoms with Crippen LogP contribution in [0, 0.1) is 11.3 Å². The van der Waals surface area contributed by atoms with E-state index in [0.29, 0.717) is 16.4 Å². The molecule has 2 fully saturated rings. The van der Waals surface area contributed by atoms with E-state index in [1.807, 2.05) is 25.3 Å². The summed E-state index contributed by atoms with van der Waals surface area (Å²) in [5.74, 6) is 0.859. The molecule has 6 nitrogen and oxygen atoms in total. The predicted octanol–water partition coefficient (Wildman–Crippen LogP) is 4.13. The molecular weight excluding hydrogens is 418 g/mol. The van der Waals surface area contributed by atoms with Crippen molar-refractivity contribution >= 4 is 46.8 Å². The van der Waals surface area contributed by atoms with Gasteiger partial charge in [0.05, 0.1) is 10.8 Å². The number of rotatable bonds is 2. The van der Waals surface area contributed by atoms with Gasteiger partial charge < -0.3 is 15.6 Å². The number of fused-ring (bicyclic) bond motifs is 1. The lowest BCUT2D eigenvalue weighted by Crippen LogP contribution is -2.50. The Morgan fingerprint density at radius 3 is 2.80 bits per heavy atom. The van der Waals surface area contributed by atoms with Crippen LogP contribution in [0.4, 0.5) is 0 Å². The molecule has 2 aromatic heterocycles. The number of pyridine rings is 1. The SMILES string of the molecule is C[C@H]1C(=O)C(Sc2ccnc3[nH]ccc23)=CN=C1N1CCC2(CCCC2N)CC1.Cl. The molecule has 2 aliphatic heterocycles. The van der Waals surface area contributed by atoms with Crippen LogP contribution >= 0.6 is 24.2 Å². The molecule has 160 valence electrons. The van der Waals surface area contributed by atoms with Gasteiger partial charge in [-0.25, -0.2) is 9.98 Å². The summed E-state index contributed by atoms with van der Waals surface area (Å²) in [4.78, 5) is 29.3. The van der Waals surface area contributed by atoms with Gasteiger partial charge in [0.2, 0.25) is 0 Å². The number of Topliss-reactive ketones (excluding diaryl/α,β-unsaturated/α-hetero) is 1. The Bertz CT molecular complexity index is 1010. The van der Waals surface area contributed by atoms with E-state index in [-0.39, 0.29) is 24.1 Å². The first-order valence-corrected chi connectivity index (χ1v) is 11.3. The highest BCUT2D eigenvalue weighted by molar-refractivity contribution is 8.04. The van der Waals surface area contributed by atoms with Crippen molar-refractivity contribution in [3.63, 3.8) is 0 Å². The van der Waals surface area contributed by atoms with Crippen molar-refractivity contribution in [2.45, 2.75) is 50.0 Å². The molecule has 0 amide bonds. The summed E-state index contributed by atoms with van der Waals surface area (Å²) in [6, 6.07) is 4.28. The molecule has 1 spiro atoms. The molecule has 4 heterocycles. The Morgan fingerprint density at radius 2 is 2.07 bits per heavy atom. The van der Waals surface area contributed by atoms with E-state index in [2.05, 4.69) is 14.9 Å². The van der Waals surface area contributed by atoms with Crippen molar-refractivity contribution < 1.29 is 4.79 Å². The summed E-state index contributed by atoms with van der Waals surface area (Å²) in [7, 11) is 0. The van der Waals surface area contributed by atoms with E-state index < -0.39 is 0 Å². The zero-order valence-corrected chi connectivity index (χ0v) is 18.8. The monoisotopic (exact) mass is 445 g/mol. The number of likely N-dealkylation sites (tertiary alicyclic amines) is 1. The summed E-state index contributed by atoms with van der Waals surface area (Å²) in [6.45, 7) is 3.89. The molecule has 0 bridgehead atoms. The van der Waals surface area contributed by atoms with Crippen molar-refractivity contribution in [3.8, 4) is 0 Å². The number of aliphatic imine (C=N–C) groups is 1. The number of halogens is 1. The second kappa shape index (κ2) is 8.36. The van der Waals surface area contributed by atoms with Gasteiger partial charge in [-0.15, -0.1) is 12.4 Å². The van der Waals surface area contributed by atoms with Crippen molar-refractivity contribution in [3.05, 3.63) is 35.6 Å². The van der Waals surface area contributed by atoms with E-state index in [1.54, 1.807) is 12.4 Å². The number of aromatic nitrogens is 2. The lowest BCUT2D eigenvalue weighted by Gasteiger charge is -2.44. The summed E-state index contributed by atoms with van der Waals surface area (Å²) >= 11 is 1.48. The van der Waals surface area contributed by atoms with E-state index in [1.165, 1.54) is 24.6 Å². The van der Waals surface area contributed by atoms with Gasteiger partial charge in [-0.1, -0.05) is 18.2 Å². The minimum atomic E-state index is -0.211. The Morgan fingerprint density at radius 1 is 1.27 bits per heavy atom. The summed E-state index contributed by atoms with van der Waals surface area (Å²) < 4.78 is 0. The largest absolute Gasteiger partial charge is 0.359 e. The Balaban J connectivity index is 0.00000218. The maximum absolute atomic E-state index is 13.1. The number of nitrogens with one attached hydrogen (secondary N) is 1. The minimum Gasteiger partial charge on any atom is -0.359 e. The second-order valence-corrected chi connectivity index (χ2v) is 9.65. The number of carbonyl (C=O) groups excluding carboxylic acids is 1. The average Bonchev–Trinajstić information content (AvgIpc) is 3.35. The number of thioether (sulfide) groups is 1. The number of piperidine rings is 1. The first kappa shape index (κ1) is 21.4. The fraction of sp³-hybridized carbons (Fsp3) is 0.500. The predicted molar refractivity (Wildman–Crippen MR) is 124 cm³/mol. The van der Waals surface area contributed by atoms with Gasteiger partial charge in [0.25, 0.3) is 0 Å². The van der Waals surface area contributed by atoms with Gasteiger partial charge in [-0.3, -0.25) is 4.79 Å². The molecule has 0 aromatic carbocycles. The highest BCUT2D eigenvalue weighted by Crippen LogP contribution is 2.46. The number of hydrogen-bond acceptors (Lipinski definition) is 6. The third kappa shape index (κ3) is 3.57. The fourth-order valence-electron chi connectivity index (χ4n) is 5.17. The highest BCUT2D eigenvalue weighted by Gasteiger charge is 2.44. The van der Waals surface area contributed by atoms with Crippen LogP contribution in [0.15, 0.2) is 45.5 Å². The molecule has 3 aliphatic rings. The quantitative estimate of drug-likeness (QED) is 0.725. The number of allylic oxidation sites excluding steroid dienone is 1. The molecule has 1 aliphatic carbocycles. The Hall–Kier alpha value is -1.83. The number of nitrogens with two attached hydrogens (primary N) is 1. The summed E-state index contributed by atoms with van der Waals surface area (Å²) in [6.07, 6.45) is 11.3. The van der Waals surface area contributed by atoms with Gasteiger partial charge in [0.15, 0.2) is 5.78 Å². The van der Waals surface area contributed by atoms with Crippen LogP contribution in [0.25, 0.3) is 11.0 Å². The van der Waals surface area contributed by atoms with Gasteiger partial charge in [-0.05, 0) is 50.2 Å². The van der Waals surface area contributed by atoms with Crippen LogP contribution < -0.4 is 5.73 Å². The van der Waals surface area contributed by atoms with E-state index in [0.717, 1.165) is 54.1 Å². The maximum atomic E-state index is 13.1. The molecule has 1 saturated carbocycles. The Kier molecular flexibility index (Phi) is 5.97. The topological polar surface area (TPSA) is 87.4 Å². The minimum absolute atomic E-state index is 0. The molecule has 3 N–H and O–H groups in total. The van der Waals surface area contributed by atoms with Crippen LogP contribution in [0.1, 0.15) is 39.0 Å². The zero-order valence-electron chi connectivity index (χ0n) is 17.1. The number of nitrogens with zero attached hydrogens (tertiary/aromatic N) is 3. The normalized spacial score (nSPS) is 25.9. The van der Waals surface area contributed by atoms with Crippen molar-refractivity contribution in [1.29, 1.82) is 0 Å². The molecule has 1 unspecified atom stereocenters. The molecule has 2 atom stereocenters. The molecule has 5 rings (SSSR count). The van der Waals surface area contributed by atoms with Gasteiger partial charge in [0.1, 0.15) is 11.5 Å². The van der Waals surface area contributed by atoms with Crippen LogP contribution in [0.3, 0.4) is 0 Å². The number of carbonyl (C=O) groups is 1. The number of amidine groups is 1. The van der Waals surface area contributed by atoms with Crippen LogP contribution in [-0.2, 0) is 4.79 Å². The Labute approximate surface area is 187 Å².